The number of rotatable bonds is 4. The van der Waals surface area contributed by atoms with E-state index in [4.69, 9.17) is 11.6 Å². The lowest BCUT2D eigenvalue weighted by molar-refractivity contribution is 0.989. The number of halogens is 1. The van der Waals surface area contributed by atoms with Gasteiger partial charge in [0.25, 0.3) is 0 Å². The largest absolute Gasteiger partial charge is 0.372 e. The van der Waals surface area contributed by atoms with E-state index >= 15 is 0 Å². The molecule has 1 aromatic carbocycles. The van der Waals surface area contributed by atoms with Gasteiger partial charge in [-0.3, -0.25) is 0 Å². The first kappa shape index (κ1) is 13.7. The standard InChI is InChI=1S/C16H14ClNS2/c1-11-12(17)5-2-6-13(11)18-16(14-7-3-9-19-14)15-8-4-10-20-15/h2-10,16,18H,1H3. The van der Waals surface area contributed by atoms with Crippen molar-refractivity contribution in [3.8, 4) is 0 Å². The molecule has 1 nitrogen and oxygen atoms in total. The first-order valence-corrected chi connectivity index (χ1v) is 8.48. The molecule has 0 aliphatic rings. The Labute approximate surface area is 131 Å². The Balaban J connectivity index is 1.97. The van der Waals surface area contributed by atoms with Crippen LogP contribution < -0.4 is 5.32 Å². The molecule has 3 rings (SSSR count). The number of benzene rings is 1. The highest BCUT2D eigenvalue weighted by molar-refractivity contribution is 7.11. The van der Waals surface area contributed by atoms with Crippen LogP contribution in [-0.4, -0.2) is 0 Å². The van der Waals surface area contributed by atoms with Gasteiger partial charge in [0.1, 0.15) is 0 Å². The van der Waals surface area contributed by atoms with Crippen molar-refractivity contribution in [2.24, 2.45) is 0 Å². The van der Waals surface area contributed by atoms with Crippen LogP contribution in [0.15, 0.2) is 53.2 Å². The number of hydrogen-bond acceptors (Lipinski definition) is 3. The molecule has 2 aromatic heterocycles. The molecule has 2 heterocycles. The summed E-state index contributed by atoms with van der Waals surface area (Å²) in [6.07, 6.45) is 0. The van der Waals surface area contributed by atoms with Crippen molar-refractivity contribution in [1.29, 1.82) is 0 Å². The molecule has 0 bridgehead atoms. The molecule has 0 aliphatic carbocycles. The predicted octanol–water partition coefficient (Wildman–Crippen LogP) is 5.97. The van der Waals surface area contributed by atoms with Gasteiger partial charge in [-0.05, 0) is 47.5 Å². The maximum Gasteiger partial charge on any atom is 0.0953 e. The van der Waals surface area contributed by atoms with Crippen LogP contribution in [0.5, 0.6) is 0 Å². The van der Waals surface area contributed by atoms with Gasteiger partial charge in [-0.15, -0.1) is 22.7 Å². The zero-order chi connectivity index (χ0) is 13.9. The minimum absolute atomic E-state index is 0.187. The topological polar surface area (TPSA) is 12.0 Å². The SMILES string of the molecule is Cc1c(Cl)cccc1NC(c1cccs1)c1cccs1. The molecule has 3 aromatic rings. The molecule has 102 valence electrons. The molecule has 4 heteroatoms. The summed E-state index contributed by atoms with van der Waals surface area (Å²) >= 11 is 9.75. The Bertz CT molecular complexity index is 640. The van der Waals surface area contributed by atoms with Crippen molar-refractivity contribution in [2.75, 3.05) is 5.32 Å². The zero-order valence-electron chi connectivity index (χ0n) is 11.0. The molecule has 1 N–H and O–H groups in total. The maximum absolute atomic E-state index is 6.21. The molecule has 0 fully saturated rings. The van der Waals surface area contributed by atoms with Crippen molar-refractivity contribution in [2.45, 2.75) is 13.0 Å². The lowest BCUT2D eigenvalue weighted by Gasteiger charge is -2.19. The second-order valence-electron chi connectivity index (χ2n) is 4.52. The third kappa shape index (κ3) is 2.75. The Morgan fingerprint density at radius 2 is 1.60 bits per heavy atom. The molecule has 0 saturated heterocycles. The summed E-state index contributed by atoms with van der Waals surface area (Å²) in [7, 11) is 0. The fraction of sp³-hybridized carbons (Fsp3) is 0.125. The average molecular weight is 320 g/mol. The van der Waals surface area contributed by atoms with Gasteiger partial charge in [0.05, 0.1) is 6.04 Å². The third-order valence-electron chi connectivity index (χ3n) is 3.22. The van der Waals surface area contributed by atoms with E-state index in [1.54, 1.807) is 22.7 Å². The minimum atomic E-state index is 0.187. The highest BCUT2D eigenvalue weighted by Crippen LogP contribution is 2.34. The van der Waals surface area contributed by atoms with Gasteiger partial charge in [0.2, 0.25) is 0 Å². The van der Waals surface area contributed by atoms with Crippen LogP contribution in [0.1, 0.15) is 21.4 Å². The highest BCUT2D eigenvalue weighted by atomic mass is 35.5. The minimum Gasteiger partial charge on any atom is -0.372 e. The Kier molecular flexibility index (Phi) is 4.10. The normalized spacial score (nSPS) is 10.9. The molecule has 0 saturated carbocycles. The van der Waals surface area contributed by atoms with Gasteiger partial charge in [0, 0.05) is 20.5 Å². The zero-order valence-corrected chi connectivity index (χ0v) is 13.4. The first-order valence-electron chi connectivity index (χ1n) is 6.34. The van der Waals surface area contributed by atoms with Gasteiger partial charge in [0.15, 0.2) is 0 Å². The molecule has 0 unspecified atom stereocenters. The van der Waals surface area contributed by atoms with Crippen molar-refractivity contribution in [1.82, 2.24) is 0 Å². The Morgan fingerprint density at radius 3 is 2.15 bits per heavy atom. The smallest absolute Gasteiger partial charge is 0.0953 e. The number of anilines is 1. The van der Waals surface area contributed by atoms with Crippen molar-refractivity contribution < 1.29 is 0 Å². The third-order valence-corrected chi connectivity index (χ3v) is 5.51. The van der Waals surface area contributed by atoms with Gasteiger partial charge in [-0.1, -0.05) is 29.8 Å². The van der Waals surface area contributed by atoms with E-state index in [1.807, 2.05) is 19.1 Å². The van der Waals surface area contributed by atoms with Crippen LogP contribution in [-0.2, 0) is 0 Å². The second kappa shape index (κ2) is 6.00. The lowest BCUT2D eigenvalue weighted by atomic mass is 10.1. The lowest BCUT2D eigenvalue weighted by Crippen LogP contribution is -2.10. The van der Waals surface area contributed by atoms with E-state index in [-0.39, 0.29) is 6.04 Å². The number of nitrogens with one attached hydrogen (secondary N) is 1. The predicted molar refractivity (Wildman–Crippen MR) is 90.3 cm³/mol. The van der Waals surface area contributed by atoms with Gasteiger partial charge < -0.3 is 5.32 Å². The van der Waals surface area contributed by atoms with E-state index < -0.39 is 0 Å². The molecule has 0 spiro atoms. The quantitative estimate of drug-likeness (QED) is 0.624. The maximum atomic E-state index is 6.21. The van der Waals surface area contributed by atoms with E-state index in [1.165, 1.54) is 9.75 Å². The second-order valence-corrected chi connectivity index (χ2v) is 6.89. The number of thiophene rings is 2. The fourth-order valence-corrected chi connectivity index (χ4v) is 3.95. The average Bonchev–Trinajstić information content (AvgIpc) is 3.13. The van der Waals surface area contributed by atoms with Crippen molar-refractivity contribution in [3.05, 3.63) is 73.6 Å². The van der Waals surface area contributed by atoms with Crippen LogP contribution in [0.25, 0.3) is 0 Å². The summed E-state index contributed by atoms with van der Waals surface area (Å²) in [6, 6.07) is 14.7. The molecule has 0 radical (unpaired) electrons. The number of hydrogen-bond donors (Lipinski definition) is 1. The summed E-state index contributed by atoms with van der Waals surface area (Å²) in [6.45, 7) is 2.05. The molecular formula is C16H14ClNS2. The van der Waals surface area contributed by atoms with Crippen molar-refractivity contribution >= 4 is 40.0 Å². The molecule has 0 aliphatic heterocycles. The first-order chi connectivity index (χ1) is 9.75. The summed E-state index contributed by atoms with van der Waals surface area (Å²) in [5, 5.41) is 8.65. The Hall–Kier alpha value is -1.29. The van der Waals surface area contributed by atoms with Crippen LogP contribution in [0.4, 0.5) is 5.69 Å². The molecular weight excluding hydrogens is 306 g/mol. The van der Waals surface area contributed by atoms with E-state index in [9.17, 15) is 0 Å². The summed E-state index contributed by atoms with van der Waals surface area (Å²) < 4.78 is 0. The monoisotopic (exact) mass is 319 g/mol. The molecule has 0 amide bonds. The van der Waals surface area contributed by atoms with Crippen molar-refractivity contribution in [3.63, 3.8) is 0 Å². The van der Waals surface area contributed by atoms with Crippen LogP contribution in [0, 0.1) is 6.92 Å². The van der Waals surface area contributed by atoms with E-state index in [0.29, 0.717) is 0 Å². The molecule has 0 atom stereocenters. The highest BCUT2D eigenvalue weighted by Gasteiger charge is 2.17. The van der Waals surface area contributed by atoms with E-state index in [2.05, 4.69) is 46.4 Å². The Morgan fingerprint density at radius 1 is 0.950 bits per heavy atom. The summed E-state index contributed by atoms with van der Waals surface area (Å²) in [5.74, 6) is 0. The van der Waals surface area contributed by atoms with Crippen LogP contribution in [0.3, 0.4) is 0 Å². The van der Waals surface area contributed by atoms with E-state index in [0.717, 1.165) is 16.3 Å². The van der Waals surface area contributed by atoms with Gasteiger partial charge in [-0.2, -0.15) is 0 Å². The van der Waals surface area contributed by atoms with Crippen LogP contribution in [0.2, 0.25) is 5.02 Å². The van der Waals surface area contributed by atoms with Crippen LogP contribution >= 0.6 is 34.3 Å². The summed E-state index contributed by atoms with van der Waals surface area (Å²) in [5.41, 5.74) is 2.18. The molecule has 20 heavy (non-hydrogen) atoms. The summed E-state index contributed by atoms with van der Waals surface area (Å²) in [4.78, 5) is 2.62. The van der Waals surface area contributed by atoms with Gasteiger partial charge >= 0.3 is 0 Å². The van der Waals surface area contributed by atoms with Gasteiger partial charge in [-0.25, -0.2) is 0 Å². The fourth-order valence-electron chi connectivity index (χ4n) is 2.11.